The van der Waals surface area contributed by atoms with Gasteiger partial charge in [0.05, 0.1) is 18.5 Å². The molecule has 0 saturated carbocycles. The molecule has 9 nitrogen and oxygen atoms in total. The lowest BCUT2D eigenvalue weighted by Crippen LogP contribution is -2.42. The highest BCUT2D eigenvalue weighted by atomic mass is 32.2. The summed E-state index contributed by atoms with van der Waals surface area (Å²) in [6.45, 7) is 6.94. The van der Waals surface area contributed by atoms with E-state index >= 15 is 0 Å². The number of ether oxygens (including phenoxy) is 2. The number of carbonyl (C=O) groups is 1. The molecule has 1 saturated heterocycles. The molecule has 248 valence electrons. The maximum Gasteiger partial charge on any atom is 0.573 e. The molecule has 13 heteroatoms. The average molecular weight is 667 g/mol. The van der Waals surface area contributed by atoms with Gasteiger partial charge in [-0.05, 0) is 73.6 Å². The Morgan fingerprint density at radius 3 is 2.49 bits per heavy atom. The summed E-state index contributed by atoms with van der Waals surface area (Å²) in [6, 6.07) is 19.1. The van der Waals surface area contributed by atoms with E-state index in [9.17, 15) is 18.0 Å². The van der Waals surface area contributed by atoms with Gasteiger partial charge in [-0.3, -0.25) is 0 Å². The topological polar surface area (TPSA) is 93.9 Å². The van der Waals surface area contributed by atoms with Crippen molar-refractivity contribution < 1.29 is 27.4 Å². The van der Waals surface area contributed by atoms with Crippen molar-refractivity contribution in [3.8, 4) is 28.6 Å². The lowest BCUT2D eigenvalue weighted by Gasteiger charge is -2.37. The van der Waals surface area contributed by atoms with Crippen molar-refractivity contribution >= 4 is 28.6 Å². The van der Waals surface area contributed by atoms with E-state index in [0.29, 0.717) is 29.1 Å². The minimum Gasteiger partial charge on any atom is -0.497 e. The number of benzene rings is 3. The molecular weight excluding hydrogens is 629 g/mol. The third kappa shape index (κ3) is 8.85. The summed E-state index contributed by atoms with van der Waals surface area (Å²) in [5, 5.41) is 8.08. The van der Waals surface area contributed by atoms with Gasteiger partial charge in [-0.2, -0.15) is 4.99 Å². The standard InChI is InChI=1S/C34H37F3N6O3S/c1-22(2)29-16-15-28(45-4)20-30(29)43-23(3)17-19-47-33(43)40-32(44)38-18-5-6-24-7-9-25(10-8-24)31-39-21-42(41-31)26-11-13-27(14-12-26)46-34(35,36)37/h7-16,20-23H,5-6,17-19H2,1-4H3,(H,38,44)/b40-33-. The molecule has 1 unspecified atom stereocenters. The number of nitrogens with one attached hydrogen (secondary N) is 1. The number of hydrogen-bond acceptors (Lipinski definition) is 6. The number of alkyl halides is 3. The van der Waals surface area contributed by atoms with Gasteiger partial charge in [0.15, 0.2) is 11.0 Å². The Labute approximate surface area is 276 Å². The van der Waals surface area contributed by atoms with Gasteiger partial charge in [0, 0.05) is 30.0 Å². The number of thioether (sulfide) groups is 1. The first-order valence-corrected chi connectivity index (χ1v) is 16.3. The van der Waals surface area contributed by atoms with E-state index < -0.39 is 6.36 Å². The van der Waals surface area contributed by atoms with Crippen LogP contribution in [0.1, 0.15) is 50.7 Å². The average Bonchev–Trinajstić information content (AvgIpc) is 3.53. The zero-order valence-electron chi connectivity index (χ0n) is 26.6. The first kappa shape index (κ1) is 33.8. The summed E-state index contributed by atoms with van der Waals surface area (Å²) in [7, 11) is 1.65. The maximum atomic E-state index is 12.9. The fourth-order valence-electron chi connectivity index (χ4n) is 5.24. The number of hydrogen-bond donors (Lipinski definition) is 1. The molecule has 1 aromatic heterocycles. The smallest absolute Gasteiger partial charge is 0.497 e. The third-order valence-electron chi connectivity index (χ3n) is 7.69. The van der Waals surface area contributed by atoms with Crippen LogP contribution < -0.4 is 19.7 Å². The van der Waals surface area contributed by atoms with Crippen LogP contribution in [0.25, 0.3) is 17.1 Å². The molecular formula is C34H37F3N6O3S. The van der Waals surface area contributed by atoms with Gasteiger partial charge in [-0.1, -0.05) is 55.9 Å². The summed E-state index contributed by atoms with van der Waals surface area (Å²) in [5.41, 5.74) is 4.64. The van der Waals surface area contributed by atoms with Gasteiger partial charge in [-0.15, -0.1) is 18.3 Å². The van der Waals surface area contributed by atoms with E-state index in [-0.39, 0.29) is 17.8 Å². The SMILES string of the molecule is COc1ccc(C(C)C)c(N2/C(=N/C(=O)NCCCc3ccc(-c4ncn(-c5ccc(OC(F)(F)F)cc5)n4)cc3)SCCC2C)c1. The molecule has 2 amide bonds. The van der Waals surface area contributed by atoms with Crippen molar-refractivity contribution in [1.82, 2.24) is 20.1 Å². The number of halogens is 3. The van der Waals surface area contributed by atoms with Crippen LogP contribution in [-0.4, -0.2) is 57.8 Å². The molecule has 47 heavy (non-hydrogen) atoms. The van der Waals surface area contributed by atoms with Gasteiger partial charge >= 0.3 is 12.4 Å². The third-order valence-corrected chi connectivity index (χ3v) is 8.67. The van der Waals surface area contributed by atoms with Crippen molar-refractivity contribution in [3.63, 3.8) is 0 Å². The van der Waals surface area contributed by atoms with Crippen molar-refractivity contribution in [2.24, 2.45) is 4.99 Å². The maximum absolute atomic E-state index is 12.9. The number of carbonyl (C=O) groups excluding carboxylic acids is 1. The van der Waals surface area contributed by atoms with Crippen LogP contribution >= 0.6 is 11.8 Å². The predicted octanol–water partition coefficient (Wildman–Crippen LogP) is 8.00. The molecule has 2 heterocycles. The summed E-state index contributed by atoms with van der Waals surface area (Å²) in [6.07, 6.45) is -0.777. The molecule has 1 N–H and O–H groups in total. The quantitative estimate of drug-likeness (QED) is 0.172. The molecule has 0 aliphatic carbocycles. The van der Waals surface area contributed by atoms with Gasteiger partial charge in [0.1, 0.15) is 17.8 Å². The number of nitrogens with zero attached hydrogens (tertiary/aromatic N) is 5. The second-order valence-electron chi connectivity index (χ2n) is 11.4. The highest BCUT2D eigenvalue weighted by Crippen LogP contribution is 2.37. The van der Waals surface area contributed by atoms with Crippen molar-refractivity contribution in [2.45, 2.75) is 58.4 Å². The predicted molar refractivity (Wildman–Crippen MR) is 179 cm³/mol. The van der Waals surface area contributed by atoms with Crippen molar-refractivity contribution in [2.75, 3.05) is 24.3 Å². The van der Waals surface area contributed by atoms with E-state index in [1.807, 2.05) is 36.4 Å². The summed E-state index contributed by atoms with van der Waals surface area (Å²) in [4.78, 5) is 23.9. The molecule has 5 rings (SSSR count). The number of urea groups is 1. The molecule has 1 fully saturated rings. The van der Waals surface area contributed by atoms with Crippen molar-refractivity contribution in [3.05, 3.63) is 84.2 Å². The molecule has 1 atom stereocenters. The number of aliphatic imine (C=N–C) groups is 1. The summed E-state index contributed by atoms with van der Waals surface area (Å²) < 4.78 is 48.2. The van der Waals surface area contributed by atoms with Gasteiger partial charge in [-0.25, -0.2) is 14.5 Å². The summed E-state index contributed by atoms with van der Waals surface area (Å²) in [5.74, 6) is 2.13. The molecule has 4 aromatic rings. The van der Waals surface area contributed by atoms with Crippen LogP contribution in [-0.2, 0) is 6.42 Å². The Balaban J connectivity index is 1.15. The normalized spacial score (nSPS) is 16.0. The largest absolute Gasteiger partial charge is 0.573 e. The molecule has 0 radical (unpaired) electrons. The lowest BCUT2D eigenvalue weighted by atomic mass is 9.99. The number of methoxy groups -OCH3 is 1. The fourth-order valence-corrected chi connectivity index (χ4v) is 6.44. The zero-order valence-corrected chi connectivity index (χ0v) is 27.4. The number of anilines is 1. The van der Waals surface area contributed by atoms with E-state index in [2.05, 4.69) is 56.9 Å². The monoisotopic (exact) mass is 666 g/mol. The zero-order chi connectivity index (χ0) is 33.6. The van der Waals surface area contributed by atoms with E-state index in [1.165, 1.54) is 40.8 Å². The van der Waals surface area contributed by atoms with Crippen LogP contribution in [0, 0.1) is 0 Å². The summed E-state index contributed by atoms with van der Waals surface area (Å²) >= 11 is 1.59. The van der Waals surface area contributed by atoms with E-state index in [4.69, 9.17) is 4.74 Å². The number of rotatable bonds is 10. The molecule has 1 aliphatic rings. The first-order chi connectivity index (χ1) is 22.5. The fraction of sp³-hybridized carbons (Fsp3) is 0.353. The Bertz CT molecular complexity index is 1690. The Morgan fingerprint density at radius 2 is 1.81 bits per heavy atom. The minimum atomic E-state index is -4.75. The molecule has 1 aliphatic heterocycles. The molecule has 0 bridgehead atoms. The van der Waals surface area contributed by atoms with Gasteiger partial charge in [0.2, 0.25) is 0 Å². The second kappa shape index (κ2) is 14.9. The van der Waals surface area contributed by atoms with Crippen LogP contribution in [0.4, 0.5) is 23.7 Å². The van der Waals surface area contributed by atoms with Crippen LogP contribution in [0.3, 0.4) is 0 Å². The van der Waals surface area contributed by atoms with Gasteiger partial charge < -0.3 is 19.7 Å². The second-order valence-corrected chi connectivity index (χ2v) is 12.5. The van der Waals surface area contributed by atoms with Crippen LogP contribution in [0.5, 0.6) is 11.5 Å². The van der Waals surface area contributed by atoms with Crippen molar-refractivity contribution in [1.29, 1.82) is 0 Å². The van der Waals surface area contributed by atoms with Crippen LogP contribution in [0.15, 0.2) is 78.0 Å². The highest BCUT2D eigenvalue weighted by molar-refractivity contribution is 8.14. The van der Waals surface area contributed by atoms with E-state index in [0.717, 1.165) is 47.6 Å². The number of amidine groups is 1. The first-order valence-electron chi connectivity index (χ1n) is 15.3. The molecule has 0 spiro atoms. The Hall–Kier alpha value is -4.52. The minimum absolute atomic E-state index is 0.188. The van der Waals surface area contributed by atoms with Gasteiger partial charge in [0.25, 0.3) is 0 Å². The number of amides is 2. The Morgan fingerprint density at radius 1 is 1.09 bits per heavy atom. The highest BCUT2D eigenvalue weighted by Gasteiger charge is 2.31. The molecule has 3 aromatic carbocycles. The Kier molecular flexibility index (Phi) is 10.7. The number of aryl methyl sites for hydroxylation is 1. The lowest BCUT2D eigenvalue weighted by molar-refractivity contribution is -0.274. The number of aromatic nitrogens is 3. The van der Waals surface area contributed by atoms with Crippen LogP contribution in [0.2, 0.25) is 0 Å². The van der Waals surface area contributed by atoms with E-state index in [1.54, 1.807) is 18.9 Å².